The van der Waals surface area contributed by atoms with Crippen LogP contribution in [-0.4, -0.2) is 18.7 Å². The molecule has 12 heavy (non-hydrogen) atoms. The van der Waals surface area contributed by atoms with Crippen molar-refractivity contribution in [3.63, 3.8) is 0 Å². The van der Waals surface area contributed by atoms with Crippen LogP contribution in [0.3, 0.4) is 0 Å². The third kappa shape index (κ3) is 1.15. The molecular weight excluding hydrogens is 158 g/mol. The molecule has 1 N–H and O–H groups in total. The van der Waals surface area contributed by atoms with E-state index >= 15 is 0 Å². The maximum absolute atomic E-state index is 10.9. The van der Waals surface area contributed by atoms with Gasteiger partial charge in [-0.2, -0.15) is 0 Å². The van der Waals surface area contributed by atoms with Crippen LogP contribution in [0.1, 0.15) is 6.92 Å². The molecule has 64 valence electrons. The minimum atomic E-state index is -0.420. The van der Waals surface area contributed by atoms with Crippen LogP contribution in [0.25, 0.3) is 0 Å². The van der Waals surface area contributed by atoms with Crippen molar-refractivity contribution in [3.05, 3.63) is 23.7 Å². The van der Waals surface area contributed by atoms with Gasteiger partial charge in [0.2, 0.25) is 6.23 Å². The highest BCUT2D eigenvalue weighted by Crippen LogP contribution is 2.18. The maximum atomic E-state index is 10.9. The summed E-state index contributed by atoms with van der Waals surface area (Å²) in [6.45, 7) is 1.91. The number of allylic oxidation sites excluding steroid dienone is 3. The molecule has 1 unspecified atom stereocenters. The van der Waals surface area contributed by atoms with Crippen molar-refractivity contribution in [2.24, 2.45) is 0 Å². The first-order valence-corrected chi connectivity index (χ1v) is 3.73. The van der Waals surface area contributed by atoms with E-state index in [4.69, 9.17) is 9.47 Å². The molecule has 0 aromatic rings. The molecule has 0 spiro atoms. The normalized spacial score (nSPS) is 27.1. The van der Waals surface area contributed by atoms with E-state index in [1.165, 1.54) is 0 Å². The van der Waals surface area contributed by atoms with Gasteiger partial charge in [0.25, 0.3) is 5.91 Å². The van der Waals surface area contributed by atoms with Crippen molar-refractivity contribution in [2.75, 3.05) is 6.61 Å². The summed E-state index contributed by atoms with van der Waals surface area (Å²) in [5.74, 6) is 1.29. The van der Waals surface area contributed by atoms with Crippen molar-refractivity contribution in [2.45, 2.75) is 13.2 Å². The van der Waals surface area contributed by atoms with Gasteiger partial charge in [-0.15, -0.1) is 0 Å². The van der Waals surface area contributed by atoms with Gasteiger partial charge >= 0.3 is 0 Å². The lowest BCUT2D eigenvalue weighted by atomic mass is 10.3. The Kier molecular flexibility index (Phi) is 1.53. The summed E-state index contributed by atoms with van der Waals surface area (Å²) in [5.41, 5.74) is 0. The molecule has 0 radical (unpaired) electrons. The largest absolute Gasteiger partial charge is 0.482 e. The molecule has 2 aliphatic heterocycles. The minimum Gasteiger partial charge on any atom is -0.482 e. The number of fused-ring (bicyclic) bond motifs is 1. The molecule has 4 heteroatoms. The molecule has 1 fully saturated rings. The van der Waals surface area contributed by atoms with Crippen molar-refractivity contribution in [1.82, 2.24) is 5.32 Å². The molecule has 2 rings (SSSR count). The Balaban J connectivity index is 2.19. The lowest BCUT2D eigenvalue weighted by Gasteiger charge is -2.29. The van der Waals surface area contributed by atoms with Gasteiger partial charge in [-0.25, -0.2) is 0 Å². The average Bonchev–Trinajstić information content (AvgIpc) is 2.03. The smallest absolute Gasteiger partial charge is 0.261 e. The molecule has 0 aromatic carbocycles. The Bertz CT molecular complexity index is 278. The molecule has 4 nitrogen and oxygen atoms in total. The van der Waals surface area contributed by atoms with E-state index in [1.807, 2.05) is 19.1 Å². The van der Waals surface area contributed by atoms with Gasteiger partial charge in [0.15, 0.2) is 12.4 Å². The highest BCUT2D eigenvalue weighted by molar-refractivity contribution is 5.78. The Morgan fingerprint density at radius 3 is 3.25 bits per heavy atom. The second-order valence-electron chi connectivity index (χ2n) is 2.70. The quantitative estimate of drug-likeness (QED) is 0.563. The van der Waals surface area contributed by atoms with Crippen LogP contribution >= 0.6 is 0 Å². The van der Waals surface area contributed by atoms with E-state index in [0.717, 1.165) is 5.76 Å². The SMILES string of the molecule is CC1=CC=C2OCC(=O)NC2O1. The zero-order valence-corrected chi connectivity index (χ0v) is 6.66. The van der Waals surface area contributed by atoms with Gasteiger partial charge in [0.05, 0.1) is 5.76 Å². The second kappa shape index (κ2) is 2.55. The Morgan fingerprint density at radius 2 is 2.42 bits per heavy atom. The zero-order chi connectivity index (χ0) is 8.55. The fourth-order valence-corrected chi connectivity index (χ4v) is 1.13. The topological polar surface area (TPSA) is 47.6 Å². The van der Waals surface area contributed by atoms with Crippen molar-refractivity contribution < 1.29 is 14.3 Å². The summed E-state index contributed by atoms with van der Waals surface area (Å²) in [7, 11) is 0. The summed E-state index contributed by atoms with van der Waals surface area (Å²) in [6.07, 6.45) is 3.20. The van der Waals surface area contributed by atoms with Gasteiger partial charge in [0, 0.05) is 0 Å². The van der Waals surface area contributed by atoms with Crippen molar-refractivity contribution >= 4 is 5.91 Å². The first-order valence-electron chi connectivity index (χ1n) is 3.73. The van der Waals surface area contributed by atoms with Crippen LogP contribution in [0, 0.1) is 0 Å². The van der Waals surface area contributed by atoms with Crippen LogP contribution in [-0.2, 0) is 14.3 Å². The third-order valence-corrected chi connectivity index (χ3v) is 1.71. The molecule has 1 amide bonds. The zero-order valence-electron chi connectivity index (χ0n) is 6.66. The lowest BCUT2D eigenvalue weighted by molar-refractivity contribution is -0.133. The number of amides is 1. The van der Waals surface area contributed by atoms with Crippen LogP contribution in [0.5, 0.6) is 0 Å². The average molecular weight is 167 g/mol. The van der Waals surface area contributed by atoms with Crippen LogP contribution in [0.15, 0.2) is 23.7 Å². The monoisotopic (exact) mass is 167 g/mol. The molecule has 2 heterocycles. The van der Waals surface area contributed by atoms with Gasteiger partial charge in [0.1, 0.15) is 0 Å². The number of carbonyl (C=O) groups is 1. The molecule has 0 bridgehead atoms. The van der Waals surface area contributed by atoms with E-state index in [0.29, 0.717) is 5.76 Å². The first-order chi connectivity index (χ1) is 5.75. The van der Waals surface area contributed by atoms with Gasteiger partial charge in [-0.05, 0) is 19.1 Å². The number of rotatable bonds is 0. The van der Waals surface area contributed by atoms with Crippen LogP contribution < -0.4 is 5.32 Å². The van der Waals surface area contributed by atoms with E-state index in [2.05, 4.69) is 5.32 Å². The summed E-state index contributed by atoms with van der Waals surface area (Å²) in [4.78, 5) is 10.9. The Labute approximate surface area is 69.8 Å². The number of carbonyl (C=O) groups excluding carboxylic acids is 1. The third-order valence-electron chi connectivity index (χ3n) is 1.71. The molecule has 1 atom stereocenters. The van der Waals surface area contributed by atoms with Crippen molar-refractivity contribution in [3.8, 4) is 0 Å². The van der Waals surface area contributed by atoms with E-state index in [9.17, 15) is 4.79 Å². The van der Waals surface area contributed by atoms with Gasteiger partial charge < -0.3 is 14.8 Å². The van der Waals surface area contributed by atoms with E-state index in [1.54, 1.807) is 0 Å². The minimum absolute atomic E-state index is 0.0819. The molecular formula is C8H9NO3. The molecule has 2 aliphatic rings. The van der Waals surface area contributed by atoms with Crippen LogP contribution in [0.4, 0.5) is 0 Å². The summed E-state index contributed by atoms with van der Waals surface area (Å²) < 4.78 is 10.4. The number of hydrogen-bond acceptors (Lipinski definition) is 3. The van der Waals surface area contributed by atoms with E-state index < -0.39 is 6.23 Å². The van der Waals surface area contributed by atoms with Crippen molar-refractivity contribution in [1.29, 1.82) is 0 Å². The highest BCUT2D eigenvalue weighted by Gasteiger charge is 2.27. The summed E-state index contributed by atoms with van der Waals surface area (Å²) >= 11 is 0. The fourth-order valence-electron chi connectivity index (χ4n) is 1.13. The van der Waals surface area contributed by atoms with Gasteiger partial charge in [-0.1, -0.05) is 0 Å². The summed E-state index contributed by atoms with van der Waals surface area (Å²) in [6, 6.07) is 0. The van der Waals surface area contributed by atoms with Gasteiger partial charge in [-0.3, -0.25) is 4.79 Å². The second-order valence-corrected chi connectivity index (χ2v) is 2.70. The molecule has 0 aromatic heterocycles. The Morgan fingerprint density at radius 1 is 1.58 bits per heavy atom. The van der Waals surface area contributed by atoms with E-state index in [-0.39, 0.29) is 12.5 Å². The van der Waals surface area contributed by atoms with Crippen LogP contribution in [0.2, 0.25) is 0 Å². The predicted molar refractivity (Wildman–Crippen MR) is 40.8 cm³/mol. The standard InChI is InChI=1S/C8H9NO3/c1-5-2-3-6-8(12-5)9-7(10)4-11-6/h2-3,8H,4H2,1H3,(H,9,10). The highest BCUT2D eigenvalue weighted by atomic mass is 16.6. The number of morpholine rings is 1. The molecule has 0 aliphatic carbocycles. The predicted octanol–water partition coefficient (Wildman–Crippen LogP) is 0.277. The molecule has 0 saturated carbocycles. The Hall–Kier alpha value is -1.45. The lowest BCUT2D eigenvalue weighted by Crippen LogP contribution is -2.46. The first kappa shape index (κ1) is 7.21. The molecule has 1 saturated heterocycles. The number of ether oxygens (including phenoxy) is 2. The summed E-state index contributed by atoms with van der Waals surface area (Å²) in [5, 5.41) is 2.65. The maximum Gasteiger partial charge on any atom is 0.261 e. The fraction of sp³-hybridized carbons (Fsp3) is 0.375. The number of nitrogens with one attached hydrogen (secondary N) is 1. The number of hydrogen-bond donors (Lipinski definition) is 1.